The molecule has 0 aliphatic rings. The third kappa shape index (κ3) is 3.34. The zero-order chi connectivity index (χ0) is 17.8. The molecule has 0 spiro atoms. The van der Waals surface area contributed by atoms with Gasteiger partial charge in [-0.15, -0.1) is 0 Å². The second kappa shape index (κ2) is 7.11. The van der Waals surface area contributed by atoms with E-state index in [-0.39, 0.29) is 11.1 Å². The Kier molecular flexibility index (Phi) is 4.73. The molecule has 0 saturated heterocycles. The molecule has 0 aromatic heterocycles. The Labute approximate surface area is 145 Å². The Morgan fingerprint density at radius 2 is 1.16 bits per heavy atom. The minimum Gasteiger partial charge on any atom is -0.478 e. The molecular formula is C21H16O4. The van der Waals surface area contributed by atoms with Crippen LogP contribution in [0.5, 0.6) is 0 Å². The van der Waals surface area contributed by atoms with Crippen LogP contribution in [0.15, 0.2) is 78.9 Å². The predicted octanol–water partition coefficient (Wildman–Crippen LogP) is 3.97. The van der Waals surface area contributed by atoms with Crippen LogP contribution in [-0.4, -0.2) is 22.0 Å². The number of carboxylic acids is 1. The van der Waals surface area contributed by atoms with Crippen LogP contribution in [0.1, 0.15) is 32.4 Å². The maximum Gasteiger partial charge on any atom is 0.336 e. The summed E-state index contributed by atoms with van der Waals surface area (Å²) in [7, 11) is 0. The topological polar surface area (TPSA) is 74.6 Å². The average Bonchev–Trinajstić information content (AvgIpc) is 2.67. The fourth-order valence-electron chi connectivity index (χ4n) is 2.77. The van der Waals surface area contributed by atoms with Gasteiger partial charge in [-0.1, -0.05) is 72.8 Å². The summed E-state index contributed by atoms with van der Waals surface area (Å²) >= 11 is 0. The maximum atomic E-state index is 12.8. The maximum absolute atomic E-state index is 12.8. The molecule has 0 radical (unpaired) electrons. The van der Waals surface area contributed by atoms with Crippen LogP contribution in [-0.2, 0) is 0 Å². The molecule has 4 nitrogen and oxygen atoms in total. The fourth-order valence-corrected chi connectivity index (χ4v) is 2.77. The summed E-state index contributed by atoms with van der Waals surface area (Å²) in [6, 6.07) is 21.9. The molecule has 0 amide bonds. The van der Waals surface area contributed by atoms with Gasteiger partial charge in [-0.2, -0.15) is 0 Å². The summed E-state index contributed by atoms with van der Waals surface area (Å²) in [5.74, 6) is -1.54. The van der Waals surface area contributed by atoms with Crippen molar-refractivity contribution in [1.29, 1.82) is 0 Å². The van der Waals surface area contributed by atoms with Gasteiger partial charge in [0.15, 0.2) is 5.78 Å². The van der Waals surface area contributed by atoms with Crippen LogP contribution in [0.25, 0.3) is 11.1 Å². The van der Waals surface area contributed by atoms with Gasteiger partial charge in [0.1, 0.15) is 6.10 Å². The highest BCUT2D eigenvalue weighted by atomic mass is 16.4. The summed E-state index contributed by atoms with van der Waals surface area (Å²) in [6.45, 7) is 0. The Morgan fingerprint density at radius 1 is 0.680 bits per heavy atom. The van der Waals surface area contributed by atoms with Crippen molar-refractivity contribution in [3.63, 3.8) is 0 Å². The van der Waals surface area contributed by atoms with E-state index >= 15 is 0 Å². The van der Waals surface area contributed by atoms with Crippen LogP contribution in [0.3, 0.4) is 0 Å². The van der Waals surface area contributed by atoms with Crippen LogP contribution in [0.2, 0.25) is 0 Å². The second-order valence-electron chi connectivity index (χ2n) is 5.57. The van der Waals surface area contributed by atoms with E-state index in [2.05, 4.69) is 0 Å². The van der Waals surface area contributed by atoms with Crippen molar-refractivity contribution in [2.24, 2.45) is 0 Å². The molecular weight excluding hydrogens is 316 g/mol. The number of rotatable bonds is 5. The van der Waals surface area contributed by atoms with Gasteiger partial charge >= 0.3 is 5.97 Å². The summed E-state index contributed by atoms with van der Waals surface area (Å²) < 4.78 is 0. The number of carbonyl (C=O) groups excluding carboxylic acids is 1. The van der Waals surface area contributed by atoms with Crippen molar-refractivity contribution in [1.82, 2.24) is 0 Å². The number of carbonyl (C=O) groups is 2. The first-order valence-electron chi connectivity index (χ1n) is 7.78. The Hall–Kier alpha value is -3.24. The van der Waals surface area contributed by atoms with Gasteiger partial charge in [0.25, 0.3) is 0 Å². The normalized spacial score (nSPS) is 11.7. The summed E-state index contributed by atoms with van der Waals surface area (Å²) in [5.41, 5.74) is 1.82. The summed E-state index contributed by atoms with van der Waals surface area (Å²) in [6.07, 6.45) is -1.31. The SMILES string of the molecule is O=C(O)c1ccccc1-c1ccccc1C(=O)C(O)c1ccccc1. The molecule has 0 bridgehead atoms. The molecule has 3 aromatic rings. The Morgan fingerprint density at radius 3 is 1.76 bits per heavy atom. The van der Waals surface area contributed by atoms with E-state index in [1.165, 1.54) is 6.07 Å². The fraction of sp³-hybridized carbons (Fsp3) is 0.0476. The van der Waals surface area contributed by atoms with Gasteiger partial charge in [-0.25, -0.2) is 4.79 Å². The second-order valence-corrected chi connectivity index (χ2v) is 5.57. The predicted molar refractivity (Wildman–Crippen MR) is 94.6 cm³/mol. The van der Waals surface area contributed by atoms with E-state index in [4.69, 9.17) is 0 Å². The van der Waals surface area contributed by atoms with E-state index in [9.17, 15) is 19.8 Å². The lowest BCUT2D eigenvalue weighted by atomic mass is 9.90. The summed E-state index contributed by atoms with van der Waals surface area (Å²) in [5, 5.41) is 19.8. The van der Waals surface area contributed by atoms with Crippen molar-refractivity contribution < 1.29 is 19.8 Å². The van der Waals surface area contributed by atoms with E-state index in [1.807, 2.05) is 0 Å². The zero-order valence-corrected chi connectivity index (χ0v) is 13.3. The highest BCUT2D eigenvalue weighted by molar-refractivity contribution is 6.07. The quantitative estimate of drug-likeness (QED) is 0.693. The molecule has 124 valence electrons. The third-order valence-electron chi connectivity index (χ3n) is 4.00. The highest BCUT2D eigenvalue weighted by Gasteiger charge is 2.23. The third-order valence-corrected chi connectivity index (χ3v) is 4.00. The van der Waals surface area contributed by atoms with Gasteiger partial charge in [0, 0.05) is 5.56 Å². The molecule has 25 heavy (non-hydrogen) atoms. The molecule has 0 heterocycles. The Bertz CT molecular complexity index is 916. The van der Waals surface area contributed by atoms with E-state index in [0.29, 0.717) is 16.7 Å². The van der Waals surface area contributed by atoms with E-state index in [1.54, 1.807) is 72.8 Å². The van der Waals surface area contributed by atoms with Gasteiger partial charge in [0.05, 0.1) is 5.56 Å². The lowest BCUT2D eigenvalue weighted by molar-refractivity contribution is 0.0696. The van der Waals surface area contributed by atoms with Crippen LogP contribution in [0.4, 0.5) is 0 Å². The number of hydrogen-bond acceptors (Lipinski definition) is 3. The molecule has 0 aliphatic heterocycles. The number of aliphatic hydroxyl groups is 1. The lowest BCUT2D eigenvalue weighted by Crippen LogP contribution is -2.14. The van der Waals surface area contributed by atoms with Crippen LogP contribution in [0, 0.1) is 0 Å². The van der Waals surface area contributed by atoms with Crippen molar-refractivity contribution in [3.8, 4) is 11.1 Å². The number of aromatic carboxylic acids is 1. The average molecular weight is 332 g/mol. The minimum absolute atomic E-state index is 0.108. The molecule has 0 saturated carbocycles. The largest absolute Gasteiger partial charge is 0.478 e. The van der Waals surface area contributed by atoms with Crippen LogP contribution >= 0.6 is 0 Å². The molecule has 3 aromatic carbocycles. The number of carboxylic acid groups (broad SMARTS) is 1. The van der Waals surface area contributed by atoms with Gasteiger partial charge in [-0.3, -0.25) is 4.79 Å². The van der Waals surface area contributed by atoms with Gasteiger partial charge in [0.2, 0.25) is 0 Å². The molecule has 1 unspecified atom stereocenters. The van der Waals surface area contributed by atoms with E-state index in [0.717, 1.165) is 0 Å². The number of Topliss-reactive ketones (excluding diaryl/α,β-unsaturated/α-hetero) is 1. The Balaban J connectivity index is 2.09. The summed E-state index contributed by atoms with van der Waals surface area (Å²) in [4.78, 5) is 24.3. The van der Waals surface area contributed by atoms with Crippen molar-refractivity contribution >= 4 is 11.8 Å². The molecule has 4 heteroatoms. The monoisotopic (exact) mass is 332 g/mol. The van der Waals surface area contributed by atoms with E-state index < -0.39 is 17.9 Å². The number of hydrogen-bond donors (Lipinski definition) is 2. The lowest BCUT2D eigenvalue weighted by Gasteiger charge is -2.15. The minimum atomic E-state index is -1.31. The molecule has 1 atom stereocenters. The molecule has 0 fully saturated rings. The first kappa shape index (κ1) is 16.6. The smallest absolute Gasteiger partial charge is 0.336 e. The standard InChI is InChI=1S/C21H16O4/c22-19(14-8-2-1-3-9-14)20(23)17-12-6-4-10-15(17)16-11-5-7-13-18(16)21(24)25/h1-13,19,22H,(H,24,25). The van der Waals surface area contributed by atoms with Crippen molar-refractivity contribution in [3.05, 3.63) is 95.6 Å². The van der Waals surface area contributed by atoms with Gasteiger partial charge < -0.3 is 10.2 Å². The number of benzene rings is 3. The van der Waals surface area contributed by atoms with Gasteiger partial charge in [-0.05, 0) is 22.8 Å². The zero-order valence-electron chi connectivity index (χ0n) is 13.3. The molecule has 2 N–H and O–H groups in total. The van der Waals surface area contributed by atoms with Crippen molar-refractivity contribution in [2.75, 3.05) is 0 Å². The molecule has 3 rings (SSSR count). The first-order chi connectivity index (χ1) is 12.1. The highest BCUT2D eigenvalue weighted by Crippen LogP contribution is 2.30. The molecule has 0 aliphatic carbocycles. The number of ketones is 1. The number of aliphatic hydroxyl groups excluding tert-OH is 1. The van der Waals surface area contributed by atoms with Crippen molar-refractivity contribution in [2.45, 2.75) is 6.10 Å². The van der Waals surface area contributed by atoms with Crippen LogP contribution < -0.4 is 0 Å². The first-order valence-corrected chi connectivity index (χ1v) is 7.78.